The van der Waals surface area contributed by atoms with Crippen LogP contribution in [0.15, 0.2) is 42.5 Å². The van der Waals surface area contributed by atoms with E-state index in [-0.39, 0.29) is 5.91 Å². The molecule has 1 saturated heterocycles. The predicted octanol–water partition coefficient (Wildman–Crippen LogP) is 3.84. The Morgan fingerprint density at radius 1 is 1.03 bits per heavy atom. The lowest BCUT2D eigenvalue weighted by Gasteiger charge is -2.36. The molecule has 0 unspecified atom stereocenters. The first-order chi connectivity index (χ1) is 14.1. The molecule has 0 aliphatic carbocycles. The molecule has 1 fully saturated rings. The minimum atomic E-state index is 0.173. The third-order valence-electron chi connectivity index (χ3n) is 5.83. The van der Waals surface area contributed by atoms with Crippen molar-refractivity contribution in [3.8, 4) is 5.75 Å². The lowest BCUT2D eigenvalue weighted by atomic mass is 10.0. The number of amides is 1. The summed E-state index contributed by atoms with van der Waals surface area (Å²) in [5, 5.41) is 0.791. The normalized spacial score (nSPS) is 17.4. The molecule has 29 heavy (non-hydrogen) atoms. The first kappa shape index (κ1) is 20.0. The van der Waals surface area contributed by atoms with Crippen LogP contribution in [0.4, 0.5) is 11.4 Å². The van der Waals surface area contributed by atoms with Gasteiger partial charge < -0.3 is 14.5 Å². The number of ether oxygens (including phenoxy) is 1. The summed E-state index contributed by atoms with van der Waals surface area (Å²) in [6.07, 6.45) is 2.40. The molecule has 2 heterocycles. The van der Waals surface area contributed by atoms with Crippen LogP contribution in [-0.2, 0) is 11.2 Å². The highest BCUT2D eigenvalue weighted by atomic mass is 35.5. The van der Waals surface area contributed by atoms with Crippen molar-refractivity contribution in [2.45, 2.75) is 19.3 Å². The first-order valence-corrected chi connectivity index (χ1v) is 10.7. The number of anilines is 2. The van der Waals surface area contributed by atoms with Gasteiger partial charge in [0.2, 0.25) is 5.91 Å². The summed E-state index contributed by atoms with van der Waals surface area (Å²) in [6.45, 7) is 5.87. The molecule has 154 valence electrons. The number of carbonyl (C=O) groups is 1. The lowest BCUT2D eigenvalue weighted by Crippen LogP contribution is -2.46. The van der Waals surface area contributed by atoms with Crippen LogP contribution in [0.2, 0.25) is 5.02 Å². The predicted molar refractivity (Wildman–Crippen MR) is 118 cm³/mol. The van der Waals surface area contributed by atoms with E-state index in [9.17, 15) is 4.79 Å². The zero-order valence-electron chi connectivity index (χ0n) is 16.9. The molecule has 0 aromatic heterocycles. The van der Waals surface area contributed by atoms with E-state index in [4.69, 9.17) is 16.3 Å². The molecule has 2 aromatic rings. The number of halogens is 1. The van der Waals surface area contributed by atoms with Gasteiger partial charge in [-0.2, -0.15) is 0 Å². The van der Waals surface area contributed by atoms with Crippen molar-refractivity contribution in [2.75, 3.05) is 56.2 Å². The topological polar surface area (TPSA) is 36.0 Å². The van der Waals surface area contributed by atoms with Crippen LogP contribution in [0.3, 0.4) is 0 Å². The van der Waals surface area contributed by atoms with E-state index >= 15 is 0 Å². The summed E-state index contributed by atoms with van der Waals surface area (Å²) in [7, 11) is 1.84. The lowest BCUT2D eigenvalue weighted by molar-refractivity contribution is -0.118. The molecule has 0 saturated carbocycles. The Bertz CT molecular complexity index is 865. The maximum absolute atomic E-state index is 11.9. The molecule has 6 heteroatoms. The van der Waals surface area contributed by atoms with Crippen LogP contribution in [0.5, 0.6) is 5.75 Å². The fraction of sp³-hybridized carbons (Fsp3) is 0.435. The van der Waals surface area contributed by atoms with E-state index in [1.807, 2.05) is 37.4 Å². The number of benzene rings is 2. The van der Waals surface area contributed by atoms with Crippen molar-refractivity contribution in [2.24, 2.45) is 0 Å². The van der Waals surface area contributed by atoms with Crippen LogP contribution in [0.25, 0.3) is 0 Å². The summed E-state index contributed by atoms with van der Waals surface area (Å²) in [4.78, 5) is 18.5. The van der Waals surface area contributed by atoms with E-state index < -0.39 is 0 Å². The third kappa shape index (κ3) is 4.85. The fourth-order valence-electron chi connectivity index (χ4n) is 4.08. The van der Waals surface area contributed by atoms with Crippen molar-refractivity contribution in [3.05, 3.63) is 53.1 Å². The molecule has 0 atom stereocenters. The SMILES string of the molecule is CN1C(=O)CCc2ccc(OCCCN3CCN(c4cccc(Cl)c4)CC3)cc21. The van der Waals surface area contributed by atoms with Gasteiger partial charge in [0, 0.05) is 63.0 Å². The Morgan fingerprint density at radius 3 is 2.66 bits per heavy atom. The Morgan fingerprint density at radius 2 is 1.86 bits per heavy atom. The van der Waals surface area contributed by atoms with Gasteiger partial charge in [0.05, 0.1) is 12.3 Å². The molecule has 2 aliphatic rings. The smallest absolute Gasteiger partial charge is 0.227 e. The second-order valence-corrected chi connectivity index (χ2v) is 8.19. The largest absolute Gasteiger partial charge is 0.493 e. The first-order valence-electron chi connectivity index (χ1n) is 10.4. The maximum Gasteiger partial charge on any atom is 0.227 e. The van der Waals surface area contributed by atoms with E-state index in [1.54, 1.807) is 4.90 Å². The average molecular weight is 414 g/mol. The van der Waals surface area contributed by atoms with Gasteiger partial charge in [0.25, 0.3) is 0 Å². The molecule has 1 amide bonds. The molecular weight excluding hydrogens is 386 g/mol. The molecular formula is C23H28ClN3O2. The van der Waals surface area contributed by atoms with Gasteiger partial charge in [-0.05, 0) is 42.7 Å². The molecule has 0 spiro atoms. The van der Waals surface area contributed by atoms with Gasteiger partial charge in [0.1, 0.15) is 5.75 Å². The van der Waals surface area contributed by atoms with E-state index in [1.165, 1.54) is 11.3 Å². The highest BCUT2D eigenvalue weighted by Crippen LogP contribution is 2.30. The van der Waals surface area contributed by atoms with Crippen molar-refractivity contribution in [3.63, 3.8) is 0 Å². The van der Waals surface area contributed by atoms with Crippen LogP contribution in [0.1, 0.15) is 18.4 Å². The molecule has 0 N–H and O–H groups in total. The fourth-order valence-corrected chi connectivity index (χ4v) is 4.27. The molecule has 0 bridgehead atoms. The van der Waals surface area contributed by atoms with Crippen molar-refractivity contribution in [1.29, 1.82) is 0 Å². The summed E-state index contributed by atoms with van der Waals surface area (Å²) in [6, 6.07) is 14.2. The van der Waals surface area contributed by atoms with Crippen molar-refractivity contribution >= 4 is 28.9 Å². The Labute approximate surface area is 177 Å². The Kier molecular flexibility index (Phi) is 6.26. The number of carbonyl (C=O) groups excluding carboxylic acids is 1. The minimum absolute atomic E-state index is 0.173. The number of piperazine rings is 1. The van der Waals surface area contributed by atoms with E-state index in [0.717, 1.165) is 62.0 Å². The highest BCUT2D eigenvalue weighted by Gasteiger charge is 2.21. The quantitative estimate of drug-likeness (QED) is 0.674. The molecule has 0 radical (unpaired) electrons. The molecule has 2 aliphatic heterocycles. The standard InChI is InChI=1S/C23H28ClN3O2/c1-25-22-17-21(8-6-18(22)7-9-23(25)28)29-15-3-10-26-11-13-27(14-12-26)20-5-2-4-19(24)16-20/h2,4-6,8,16-17H,3,7,9-15H2,1H3. The molecule has 2 aromatic carbocycles. The van der Waals surface area contributed by atoms with Crippen LogP contribution < -0.4 is 14.5 Å². The van der Waals surface area contributed by atoms with Crippen LogP contribution in [-0.4, -0.2) is 57.2 Å². The van der Waals surface area contributed by atoms with Crippen LogP contribution >= 0.6 is 11.6 Å². The second-order valence-electron chi connectivity index (χ2n) is 7.75. The highest BCUT2D eigenvalue weighted by molar-refractivity contribution is 6.30. The molecule has 4 rings (SSSR count). The number of fused-ring (bicyclic) bond motifs is 1. The number of nitrogens with zero attached hydrogens (tertiary/aromatic N) is 3. The summed E-state index contributed by atoms with van der Waals surface area (Å²) in [5.41, 5.74) is 3.41. The summed E-state index contributed by atoms with van der Waals surface area (Å²) >= 11 is 6.11. The average Bonchev–Trinajstić information content (AvgIpc) is 2.74. The van der Waals surface area contributed by atoms with Gasteiger partial charge in [-0.25, -0.2) is 0 Å². The van der Waals surface area contributed by atoms with Gasteiger partial charge in [-0.3, -0.25) is 9.69 Å². The number of rotatable bonds is 6. The zero-order chi connectivity index (χ0) is 20.2. The maximum atomic E-state index is 11.9. The Balaban J connectivity index is 1.20. The third-order valence-corrected chi connectivity index (χ3v) is 6.07. The zero-order valence-corrected chi connectivity index (χ0v) is 17.7. The van der Waals surface area contributed by atoms with Crippen molar-refractivity contribution < 1.29 is 9.53 Å². The van der Waals surface area contributed by atoms with Crippen molar-refractivity contribution in [1.82, 2.24) is 4.90 Å². The number of aryl methyl sites for hydroxylation is 1. The monoisotopic (exact) mass is 413 g/mol. The number of hydrogen-bond acceptors (Lipinski definition) is 4. The van der Waals surface area contributed by atoms with Gasteiger partial charge >= 0.3 is 0 Å². The van der Waals surface area contributed by atoms with Gasteiger partial charge in [0.15, 0.2) is 0 Å². The van der Waals surface area contributed by atoms with Crippen LogP contribution in [0, 0.1) is 0 Å². The van der Waals surface area contributed by atoms with E-state index in [2.05, 4.69) is 21.9 Å². The summed E-state index contributed by atoms with van der Waals surface area (Å²) < 4.78 is 5.96. The summed E-state index contributed by atoms with van der Waals surface area (Å²) in [5.74, 6) is 1.02. The molecule has 5 nitrogen and oxygen atoms in total. The number of hydrogen-bond donors (Lipinski definition) is 0. The van der Waals surface area contributed by atoms with E-state index in [0.29, 0.717) is 13.0 Å². The minimum Gasteiger partial charge on any atom is -0.493 e. The van der Waals surface area contributed by atoms with Gasteiger partial charge in [-0.15, -0.1) is 0 Å². The Hall–Kier alpha value is -2.24. The van der Waals surface area contributed by atoms with Gasteiger partial charge in [-0.1, -0.05) is 23.7 Å². The second kappa shape index (κ2) is 9.06.